The lowest BCUT2D eigenvalue weighted by atomic mass is 10.1. The van der Waals surface area contributed by atoms with E-state index < -0.39 is 0 Å². The lowest BCUT2D eigenvalue weighted by Gasteiger charge is -2.09. The van der Waals surface area contributed by atoms with Gasteiger partial charge in [-0.15, -0.1) is 0 Å². The molecule has 0 saturated carbocycles. The summed E-state index contributed by atoms with van der Waals surface area (Å²) >= 11 is 0. The van der Waals surface area contributed by atoms with Crippen LogP contribution in [-0.4, -0.2) is 38.2 Å². The van der Waals surface area contributed by atoms with E-state index in [1.54, 1.807) is 7.11 Å². The van der Waals surface area contributed by atoms with Gasteiger partial charge in [0.2, 0.25) is 5.91 Å². The predicted octanol–water partition coefficient (Wildman–Crippen LogP) is 2.80. The van der Waals surface area contributed by atoms with Gasteiger partial charge in [-0.1, -0.05) is 26.8 Å². The van der Waals surface area contributed by atoms with Gasteiger partial charge in [0.15, 0.2) is 0 Å². The molecular formula is C17H31N3O2. The van der Waals surface area contributed by atoms with Crippen LogP contribution < -0.4 is 10.6 Å². The third-order valence-corrected chi connectivity index (χ3v) is 3.12. The number of hydrogen-bond acceptors (Lipinski definition) is 4. The summed E-state index contributed by atoms with van der Waals surface area (Å²) in [5, 5.41) is 5.93. The standard InChI is InChI=1S/C15H25N3O2.C2H6/c1-4-12-8-9-13(18-15(12)16-2)6-5-7-14(19)17-10-11-20-3;1-2/h8-9H,4-7,10-11H2,1-3H3,(H,16,18)(H,17,19);1-2H3. The molecule has 0 atom stereocenters. The Morgan fingerprint density at radius 1 is 1.32 bits per heavy atom. The molecule has 0 saturated heterocycles. The molecule has 0 radical (unpaired) electrons. The molecule has 0 spiro atoms. The highest BCUT2D eigenvalue weighted by Gasteiger charge is 2.05. The lowest BCUT2D eigenvalue weighted by Crippen LogP contribution is -2.26. The highest BCUT2D eigenvalue weighted by atomic mass is 16.5. The van der Waals surface area contributed by atoms with Gasteiger partial charge in [0.05, 0.1) is 6.61 Å². The number of carbonyl (C=O) groups excluding carboxylic acids is 1. The Hall–Kier alpha value is -1.62. The van der Waals surface area contributed by atoms with Crippen molar-refractivity contribution >= 4 is 11.7 Å². The van der Waals surface area contributed by atoms with Crippen LogP contribution in [0.4, 0.5) is 5.82 Å². The summed E-state index contributed by atoms with van der Waals surface area (Å²) in [4.78, 5) is 16.1. The van der Waals surface area contributed by atoms with Crippen molar-refractivity contribution in [2.45, 2.75) is 46.5 Å². The fourth-order valence-corrected chi connectivity index (χ4v) is 1.98. The van der Waals surface area contributed by atoms with E-state index in [2.05, 4.69) is 28.6 Å². The molecule has 1 amide bonds. The van der Waals surface area contributed by atoms with Gasteiger partial charge >= 0.3 is 0 Å². The average Bonchev–Trinajstić information content (AvgIpc) is 2.56. The smallest absolute Gasteiger partial charge is 0.220 e. The van der Waals surface area contributed by atoms with Crippen molar-refractivity contribution in [2.24, 2.45) is 0 Å². The number of methoxy groups -OCH3 is 1. The minimum absolute atomic E-state index is 0.0704. The molecule has 0 bridgehead atoms. The summed E-state index contributed by atoms with van der Waals surface area (Å²) in [6.45, 7) is 7.24. The first-order valence-electron chi connectivity index (χ1n) is 8.13. The highest BCUT2D eigenvalue weighted by molar-refractivity contribution is 5.75. The zero-order chi connectivity index (χ0) is 16.8. The fourth-order valence-electron chi connectivity index (χ4n) is 1.98. The molecule has 1 aromatic heterocycles. The van der Waals surface area contributed by atoms with Crippen LogP contribution in [0.15, 0.2) is 12.1 Å². The quantitative estimate of drug-likeness (QED) is 0.689. The summed E-state index contributed by atoms with van der Waals surface area (Å²) < 4.78 is 4.88. The van der Waals surface area contributed by atoms with E-state index in [4.69, 9.17) is 4.74 Å². The molecule has 5 nitrogen and oxygen atoms in total. The first-order chi connectivity index (χ1) is 10.7. The van der Waals surface area contributed by atoms with Crippen LogP contribution >= 0.6 is 0 Å². The second-order valence-corrected chi connectivity index (χ2v) is 4.61. The summed E-state index contributed by atoms with van der Waals surface area (Å²) in [6.07, 6.45) is 3.11. The van der Waals surface area contributed by atoms with Crippen LogP contribution in [-0.2, 0) is 22.4 Å². The Morgan fingerprint density at radius 2 is 2.05 bits per heavy atom. The molecule has 126 valence electrons. The maximum Gasteiger partial charge on any atom is 0.220 e. The molecule has 0 aromatic carbocycles. The summed E-state index contributed by atoms with van der Waals surface area (Å²) in [6, 6.07) is 4.15. The van der Waals surface area contributed by atoms with Crippen LogP contribution in [0, 0.1) is 0 Å². The average molecular weight is 309 g/mol. The van der Waals surface area contributed by atoms with Crippen LogP contribution in [0.1, 0.15) is 44.9 Å². The van der Waals surface area contributed by atoms with Crippen molar-refractivity contribution in [3.8, 4) is 0 Å². The number of aryl methyl sites for hydroxylation is 2. The van der Waals surface area contributed by atoms with Gasteiger partial charge in [-0.25, -0.2) is 4.98 Å². The monoisotopic (exact) mass is 309 g/mol. The molecule has 22 heavy (non-hydrogen) atoms. The molecule has 0 aliphatic heterocycles. The normalized spacial score (nSPS) is 9.68. The third kappa shape index (κ3) is 7.98. The Labute approximate surface area is 134 Å². The van der Waals surface area contributed by atoms with Gasteiger partial charge in [0.25, 0.3) is 0 Å². The highest BCUT2D eigenvalue weighted by Crippen LogP contribution is 2.14. The van der Waals surface area contributed by atoms with Crippen LogP contribution in [0.2, 0.25) is 0 Å². The summed E-state index contributed by atoms with van der Waals surface area (Å²) in [7, 11) is 3.51. The zero-order valence-corrected chi connectivity index (χ0v) is 14.7. The maximum absolute atomic E-state index is 11.5. The topological polar surface area (TPSA) is 63.2 Å². The number of pyridine rings is 1. The van der Waals surface area contributed by atoms with Gasteiger partial charge in [0, 0.05) is 32.8 Å². The molecule has 2 N–H and O–H groups in total. The number of nitrogens with zero attached hydrogens (tertiary/aromatic N) is 1. The van der Waals surface area contributed by atoms with Crippen molar-refractivity contribution < 1.29 is 9.53 Å². The molecular weight excluding hydrogens is 278 g/mol. The maximum atomic E-state index is 11.5. The molecule has 1 rings (SSSR count). The van der Waals surface area contributed by atoms with E-state index in [1.165, 1.54) is 5.56 Å². The predicted molar refractivity (Wildman–Crippen MR) is 92.3 cm³/mol. The zero-order valence-electron chi connectivity index (χ0n) is 14.7. The van der Waals surface area contributed by atoms with Crippen molar-refractivity contribution in [1.82, 2.24) is 10.3 Å². The first kappa shape index (κ1) is 20.4. The van der Waals surface area contributed by atoms with E-state index in [1.807, 2.05) is 27.0 Å². The lowest BCUT2D eigenvalue weighted by molar-refractivity contribution is -0.121. The number of aromatic nitrogens is 1. The number of carbonyl (C=O) groups is 1. The molecule has 1 aromatic rings. The van der Waals surface area contributed by atoms with E-state index in [0.717, 1.165) is 30.8 Å². The molecule has 5 heteroatoms. The second kappa shape index (κ2) is 13.1. The first-order valence-corrected chi connectivity index (χ1v) is 8.13. The van der Waals surface area contributed by atoms with Gasteiger partial charge < -0.3 is 15.4 Å². The molecule has 1 heterocycles. The van der Waals surface area contributed by atoms with Gasteiger partial charge in [-0.3, -0.25) is 4.79 Å². The van der Waals surface area contributed by atoms with Crippen LogP contribution in [0.3, 0.4) is 0 Å². The third-order valence-electron chi connectivity index (χ3n) is 3.12. The summed E-state index contributed by atoms with van der Waals surface area (Å²) in [5.41, 5.74) is 2.24. The molecule has 0 unspecified atom stereocenters. The van der Waals surface area contributed by atoms with E-state index in [9.17, 15) is 4.79 Å². The number of hydrogen-bond donors (Lipinski definition) is 2. The van der Waals surface area contributed by atoms with Gasteiger partial charge in [0.1, 0.15) is 5.82 Å². The van der Waals surface area contributed by atoms with Gasteiger partial charge in [-0.05, 0) is 30.9 Å². The number of amides is 1. The largest absolute Gasteiger partial charge is 0.383 e. The minimum atomic E-state index is 0.0704. The Balaban J connectivity index is 0.00000211. The van der Waals surface area contributed by atoms with E-state index in [0.29, 0.717) is 19.6 Å². The molecule has 0 aliphatic rings. The second-order valence-electron chi connectivity index (χ2n) is 4.61. The molecule has 0 fully saturated rings. The van der Waals surface area contributed by atoms with Crippen molar-refractivity contribution in [2.75, 3.05) is 32.6 Å². The fraction of sp³-hybridized carbons (Fsp3) is 0.647. The van der Waals surface area contributed by atoms with Crippen molar-refractivity contribution in [3.05, 3.63) is 23.4 Å². The van der Waals surface area contributed by atoms with Crippen molar-refractivity contribution in [1.29, 1.82) is 0 Å². The SMILES string of the molecule is CC.CCc1ccc(CCCC(=O)NCCOC)nc1NC. The Bertz CT molecular complexity index is 422. The summed E-state index contributed by atoms with van der Waals surface area (Å²) in [5.74, 6) is 1.01. The Kier molecular flexibility index (Phi) is 12.1. The van der Waals surface area contributed by atoms with Crippen molar-refractivity contribution in [3.63, 3.8) is 0 Å². The van der Waals surface area contributed by atoms with Gasteiger partial charge in [-0.2, -0.15) is 0 Å². The molecule has 0 aliphatic carbocycles. The number of ether oxygens (including phenoxy) is 1. The minimum Gasteiger partial charge on any atom is -0.383 e. The number of nitrogens with one attached hydrogen (secondary N) is 2. The van der Waals surface area contributed by atoms with Crippen LogP contribution in [0.5, 0.6) is 0 Å². The number of anilines is 1. The number of rotatable bonds is 9. The Morgan fingerprint density at radius 3 is 2.64 bits per heavy atom. The van der Waals surface area contributed by atoms with Crippen LogP contribution in [0.25, 0.3) is 0 Å². The van der Waals surface area contributed by atoms with E-state index in [-0.39, 0.29) is 5.91 Å². The van der Waals surface area contributed by atoms with E-state index >= 15 is 0 Å².